The van der Waals surface area contributed by atoms with E-state index >= 15 is 0 Å². The van der Waals surface area contributed by atoms with Gasteiger partial charge in [-0.25, -0.2) is 0 Å². The fraction of sp³-hybridized carbons (Fsp3) is 1.00. The van der Waals surface area contributed by atoms with Crippen LogP contribution in [0.5, 0.6) is 0 Å². The van der Waals surface area contributed by atoms with Crippen LogP contribution in [-0.2, 0) is 0 Å². The number of rotatable bonds is 6. The van der Waals surface area contributed by atoms with Crippen LogP contribution in [0, 0.1) is 5.92 Å². The largest absolute Gasteiger partial charge is 0.324 e. The highest BCUT2D eigenvalue weighted by Crippen LogP contribution is 2.33. The summed E-state index contributed by atoms with van der Waals surface area (Å²) in [5.41, 5.74) is 6.70. The Balaban J connectivity index is 2.64. The van der Waals surface area contributed by atoms with Gasteiger partial charge >= 0.3 is 0 Å². The van der Waals surface area contributed by atoms with Gasteiger partial charge in [0.2, 0.25) is 0 Å². The van der Waals surface area contributed by atoms with E-state index < -0.39 is 0 Å². The summed E-state index contributed by atoms with van der Waals surface area (Å²) in [5, 5.41) is 3.85. The second kappa shape index (κ2) is 6.75. The molecule has 0 heterocycles. The van der Waals surface area contributed by atoms with Crippen molar-refractivity contribution in [2.24, 2.45) is 11.7 Å². The predicted octanol–water partition coefficient (Wildman–Crippen LogP) is 3.45. The van der Waals surface area contributed by atoms with Crippen LogP contribution >= 0.6 is 0 Å². The lowest BCUT2D eigenvalue weighted by Gasteiger charge is -2.46. The fourth-order valence-electron chi connectivity index (χ4n) is 3.19. The molecule has 1 rings (SSSR count). The first-order valence-electron chi connectivity index (χ1n) is 7.59. The zero-order chi connectivity index (χ0) is 12.9. The molecule has 3 atom stereocenters. The number of nitrogens with two attached hydrogens (primary N) is 1. The summed E-state index contributed by atoms with van der Waals surface area (Å²) in [6.07, 6.45) is 8.85. The molecule has 1 fully saturated rings. The summed E-state index contributed by atoms with van der Waals surface area (Å²) >= 11 is 0. The van der Waals surface area contributed by atoms with Crippen LogP contribution in [0.25, 0.3) is 0 Å². The van der Waals surface area contributed by atoms with Crippen molar-refractivity contribution in [2.75, 3.05) is 0 Å². The maximum Gasteiger partial charge on any atom is 0.0333 e. The standard InChI is InChI=1S/C15H32N2/c1-5-9-13(6-2)17-14-10-7-8-11-15(14,16)12(3)4/h12-14,17H,5-11,16H2,1-4H3. The van der Waals surface area contributed by atoms with Gasteiger partial charge in [-0.2, -0.15) is 0 Å². The van der Waals surface area contributed by atoms with Crippen molar-refractivity contribution in [3.63, 3.8) is 0 Å². The summed E-state index contributed by atoms with van der Waals surface area (Å²) in [6.45, 7) is 9.11. The van der Waals surface area contributed by atoms with E-state index in [4.69, 9.17) is 5.73 Å². The minimum absolute atomic E-state index is 0.0133. The Bertz CT molecular complexity index is 215. The summed E-state index contributed by atoms with van der Waals surface area (Å²) in [6, 6.07) is 1.18. The quantitative estimate of drug-likeness (QED) is 0.746. The van der Waals surface area contributed by atoms with Gasteiger partial charge in [0, 0.05) is 17.6 Å². The Morgan fingerprint density at radius 2 is 2.00 bits per heavy atom. The zero-order valence-electron chi connectivity index (χ0n) is 12.3. The van der Waals surface area contributed by atoms with Crippen molar-refractivity contribution in [1.82, 2.24) is 5.32 Å². The van der Waals surface area contributed by atoms with E-state index in [0.29, 0.717) is 18.0 Å². The zero-order valence-corrected chi connectivity index (χ0v) is 12.3. The normalized spacial score (nSPS) is 31.8. The van der Waals surface area contributed by atoms with Gasteiger partial charge in [0.1, 0.15) is 0 Å². The molecule has 1 saturated carbocycles. The first kappa shape index (κ1) is 15.0. The fourth-order valence-corrected chi connectivity index (χ4v) is 3.19. The van der Waals surface area contributed by atoms with Crippen LogP contribution in [0.2, 0.25) is 0 Å². The SMILES string of the molecule is CCCC(CC)NC1CCCCC1(N)C(C)C. The first-order valence-corrected chi connectivity index (χ1v) is 7.59. The first-order chi connectivity index (χ1) is 8.04. The van der Waals surface area contributed by atoms with Gasteiger partial charge in [-0.3, -0.25) is 0 Å². The molecular weight excluding hydrogens is 208 g/mol. The summed E-state index contributed by atoms with van der Waals surface area (Å²) in [4.78, 5) is 0. The minimum atomic E-state index is 0.0133. The Morgan fingerprint density at radius 1 is 1.29 bits per heavy atom. The monoisotopic (exact) mass is 240 g/mol. The van der Waals surface area contributed by atoms with Gasteiger partial charge in [0.25, 0.3) is 0 Å². The second-order valence-corrected chi connectivity index (χ2v) is 6.13. The van der Waals surface area contributed by atoms with Gasteiger partial charge in [0.05, 0.1) is 0 Å². The summed E-state index contributed by atoms with van der Waals surface area (Å²) < 4.78 is 0. The molecule has 2 nitrogen and oxygen atoms in total. The van der Waals surface area contributed by atoms with E-state index in [-0.39, 0.29) is 5.54 Å². The van der Waals surface area contributed by atoms with Crippen molar-refractivity contribution in [2.45, 2.75) is 90.3 Å². The molecule has 0 saturated heterocycles. The molecule has 0 bridgehead atoms. The highest BCUT2D eigenvalue weighted by atomic mass is 15.0. The molecule has 102 valence electrons. The molecule has 0 aliphatic heterocycles. The van der Waals surface area contributed by atoms with Gasteiger partial charge in [0.15, 0.2) is 0 Å². The third-order valence-corrected chi connectivity index (χ3v) is 4.64. The Hall–Kier alpha value is -0.0800. The van der Waals surface area contributed by atoms with E-state index in [0.717, 1.165) is 0 Å². The van der Waals surface area contributed by atoms with E-state index in [1.807, 2.05) is 0 Å². The molecule has 3 N–H and O–H groups in total. The lowest BCUT2D eigenvalue weighted by atomic mass is 9.71. The predicted molar refractivity (Wildman–Crippen MR) is 76.1 cm³/mol. The summed E-state index contributed by atoms with van der Waals surface area (Å²) in [7, 11) is 0. The molecule has 1 aliphatic rings. The van der Waals surface area contributed by atoms with Crippen LogP contribution in [0.1, 0.15) is 72.6 Å². The van der Waals surface area contributed by atoms with Gasteiger partial charge in [-0.15, -0.1) is 0 Å². The van der Waals surface area contributed by atoms with Crippen LogP contribution in [0.4, 0.5) is 0 Å². The molecule has 0 amide bonds. The van der Waals surface area contributed by atoms with Crippen molar-refractivity contribution < 1.29 is 0 Å². The van der Waals surface area contributed by atoms with Gasteiger partial charge in [-0.05, 0) is 31.6 Å². The molecule has 0 aromatic heterocycles. The molecule has 3 unspecified atom stereocenters. The molecule has 0 aromatic carbocycles. The van der Waals surface area contributed by atoms with Crippen LogP contribution in [0.15, 0.2) is 0 Å². The lowest BCUT2D eigenvalue weighted by molar-refractivity contribution is 0.146. The van der Waals surface area contributed by atoms with Gasteiger partial charge < -0.3 is 11.1 Å². The average Bonchev–Trinajstić information content (AvgIpc) is 2.31. The van der Waals surface area contributed by atoms with Crippen LogP contribution in [-0.4, -0.2) is 17.6 Å². The summed E-state index contributed by atoms with van der Waals surface area (Å²) in [5.74, 6) is 0.569. The Kier molecular flexibility index (Phi) is 5.94. The third kappa shape index (κ3) is 3.69. The van der Waals surface area contributed by atoms with Crippen molar-refractivity contribution in [3.05, 3.63) is 0 Å². The number of nitrogens with one attached hydrogen (secondary N) is 1. The molecule has 0 spiro atoms. The van der Waals surface area contributed by atoms with Crippen molar-refractivity contribution in [1.29, 1.82) is 0 Å². The smallest absolute Gasteiger partial charge is 0.0333 e. The number of hydrogen-bond acceptors (Lipinski definition) is 2. The molecule has 0 radical (unpaired) electrons. The molecule has 1 aliphatic carbocycles. The molecular formula is C15H32N2. The molecule has 17 heavy (non-hydrogen) atoms. The highest BCUT2D eigenvalue weighted by molar-refractivity contribution is 5.01. The maximum absolute atomic E-state index is 6.68. The van der Waals surface area contributed by atoms with E-state index in [1.165, 1.54) is 44.9 Å². The minimum Gasteiger partial charge on any atom is -0.324 e. The highest BCUT2D eigenvalue weighted by Gasteiger charge is 2.40. The van der Waals surface area contributed by atoms with Gasteiger partial charge in [-0.1, -0.05) is 47.0 Å². The lowest BCUT2D eigenvalue weighted by Crippen LogP contribution is -2.63. The number of hydrogen-bond donors (Lipinski definition) is 2. The topological polar surface area (TPSA) is 38.0 Å². The Labute approximate surface area is 108 Å². The molecule has 2 heteroatoms. The van der Waals surface area contributed by atoms with Crippen LogP contribution in [0.3, 0.4) is 0 Å². The third-order valence-electron chi connectivity index (χ3n) is 4.64. The van der Waals surface area contributed by atoms with E-state index in [2.05, 4.69) is 33.0 Å². The second-order valence-electron chi connectivity index (χ2n) is 6.13. The van der Waals surface area contributed by atoms with Crippen molar-refractivity contribution >= 4 is 0 Å². The van der Waals surface area contributed by atoms with E-state index in [9.17, 15) is 0 Å². The van der Waals surface area contributed by atoms with E-state index in [1.54, 1.807) is 0 Å². The van der Waals surface area contributed by atoms with Crippen LogP contribution < -0.4 is 11.1 Å². The van der Waals surface area contributed by atoms with Crippen molar-refractivity contribution in [3.8, 4) is 0 Å². The molecule has 0 aromatic rings. The Morgan fingerprint density at radius 3 is 2.53 bits per heavy atom. The maximum atomic E-state index is 6.68. The average molecular weight is 240 g/mol.